The van der Waals surface area contributed by atoms with E-state index in [1.165, 1.54) is 4.80 Å². The third-order valence-corrected chi connectivity index (χ3v) is 3.19. The van der Waals surface area contributed by atoms with E-state index in [2.05, 4.69) is 15.5 Å². The van der Waals surface area contributed by atoms with E-state index in [0.29, 0.717) is 6.54 Å². The Hall–Kier alpha value is -1.95. The Labute approximate surface area is 118 Å². The third kappa shape index (κ3) is 2.96. The van der Waals surface area contributed by atoms with Gasteiger partial charge < -0.3 is 10.2 Å². The minimum Gasteiger partial charge on any atom is -0.353 e. The molecule has 0 saturated carbocycles. The number of likely N-dealkylation sites (N-methyl/N-ethyl adjacent to an activating group) is 1. The Bertz CT molecular complexity index is 569. The fourth-order valence-electron chi connectivity index (χ4n) is 1.81. The minimum atomic E-state index is -0.814. The van der Waals surface area contributed by atoms with Crippen molar-refractivity contribution in [2.45, 2.75) is 19.4 Å². The van der Waals surface area contributed by atoms with Crippen molar-refractivity contribution in [2.75, 3.05) is 27.2 Å². The van der Waals surface area contributed by atoms with Crippen LogP contribution in [0, 0.1) is 0 Å². The quantitative estimate of drug-likeness (QED) is 0.878. The second-order valence-corrected chi connectivity index (χ2v) is 5.60. The smallest absolute Gasteiger partial charge is 0.249 e. The molecule has 1 aromatic heterocycles. The van der Waals surface area contributed by atoms with E-state index in [9.17, 15) is 4.79 Å². The SMILES string of the molecule is CN(C)CCNC(=O)C(C)(C)n1nc2ccccc2n1. The lowest BCUT2D eigenvalue weighted by atomic mass is 10.1. The van der Waals surface area contributed by atoms with Crippen molar-refractivity contribution < 1.29 is 4.79 Å². The largest absolute Gasteiger partial charge is 0.353 e. The van der Waals surface area contributed by atoms with Crippen LogP contribution in [0.2, 0.25) is 0 Å². The van der Waals surface area contributed by atoms with Crippen LogP contribution in [0.25, 0.3) is 11.0 Å². The summed E-state index contributed by atoms with van der Waals surface area (Å²) in [6.45, 7) is 5.04. The summed E-state index contributed by atoms with van der Waals surface area (Å²) < 4.78 is 0. The summed E-state index contributed by atoms with van der Waals surface area (Å²) in [4.78, 5) is 15.8. The van der Waals surface area contributed by atoms with Crippen LogP contribution < -0.4 is 5.32 Å². The van der Waals surface area contributed by atoms with Gasteiger partial charge >= 0.3 is 0 Å². The predicted molar refractivity (Wildman–Crippen MR) is 78.4 cm³/mol. The molecular weight excluding hydrogens is 254 g/mol. The lowest BCUT2D eigenvalue weighted by Gasteiger charge is -2.23. The van der Waals surface area contributed by atoms with Crippen LogP contribution in [0.4, 0.5) is 0 Å². The molecular formula is C14H21N5O. The Morgan fingerprint density at radius 3 is 2.30 bits per heavy atom. The molecule has 0 unspecified atom stereocenters. The van der Waals surface area contributed by atoms with Gasteiger partial charge in [0.1, 0.15) is 11.0 Å². The van der Waals surface area contributed by atoms with Crippen LogP contribution in [-0.4, -0.2) is 53.0 Å². The number of rotatable bonds is 5. The Morgan fingerprint density at radius 2 is 1.80 bits per heavy atom. The van der Waals surface area contributed by atoms with Crippen LogP contribution in [0.3, 0.4) is 0 Å². The zero-order valence-corrected chi connectivity index (χ0v) is 12.4. The molecule has 20 heavy (non-hydrogen) atoms. The summed E-state index contributed by atoms with van der Waals surface area (Å²) in [7, 11) is 3.94. The summed E-state index contributed by atoms with van der Waals surface area (Å²) >= 11 is 0. The maximum atomic E-state index is 12.3. The minimum absolute atomic E-state index is 0.0837. The molecule has 0 saturated heterocycles. The number of fused-ring (bicyclic) bond motifs is 1. The normalized spacial score (nSPS) is 12.1. The Balaban J connectivity index is 2.14. The van der Waals surface area contributed by atoms with E-state index in [0.717, 1.165) is 17.6 Å². The van der Waals surface area contributed by atoms with E-state index in [1.54, 1.807) is 0 Å². The molecule has 108 valence electrons. The lowest BCUT2D eigenvalue weighted by molar-refractivity contribution is -0.129. The zero-order valence-electron chi connectivity index (χ0n) is 12.4. The number of hydrogen-bond donors (Lipinski definition) is 1. The number of carbonyl (C=O) groups excluding carboxylic acids is 1. The van der Waals surface area contributed by atoms with Crippen molar-refractivity contribution in [3.8, 4) is 0 Å². The van der Waals surface area contributed by atoms with Crippen molar-refractivity contribution in [2.24, 2.45) is 0 Å². The van der Waals surface area contributed by atoms with Gasteiger partial charge in [0.15, 0.2) is 5.54 Å². The van der Waals surface area contributed by atoms with Gasteiger partial charge in [-0.2, -0.15) is 15.0 Å². The maximum absolute atomic E-state index is 12.3. The van der Waals surface area contributed by atoms with Gasteiger partial charge in [-0.05, 0) is 40.1 Å². The van der Waals surface area contributed by atoms with Gasteiger partial charge in [-0.15, -0.1) is 0 Å². The monoisotopic (exact) mass is 275 g/mol. The van der Waals surface area contributed by atoms with Gasteiger partial charge in [-0.3, -0.25) is 4.79 Å². The Morgan fingerprint density at radius 1 is 1.25 bits per heavy atom. The molecule has 0 bridgehead atoms. The molecule has 0 fully saturated rings. The highest BCUT2D eigenvalue weighted by Crippen LogP contribution is 2.16. The summed E-state index contributed by atoms with van der Waals surface area (Å²) in [5.41, 5.74) is 0.772. The summed E-state index contributed by atoms with van der Waals surface area (Å²) in [5.74, 6) is -0.0837. The second-order valence-electron chi connectivity index (χ2n) is 5.60. The number of carbonyl (C=O) groups is 1. The van der Waals surface area contributed by atoms with Crippen LogP contribution in [0.15, 0.2) is 24.3 Å². The predicted octanol–water partition coefficient (Wildman–Crippen LogP) is 0.844. The van der Waals surface area contributed by atoms with E-state index in [4.69, 9.17) is 0 Å². The van der Waals surface area contributed by atoms with Gasteiger partial charge in [0.2, 0.25) is 5.91 Å². The molecule has 1 heterocycles. The highest BCUT2D eigenvalue weighted by molar-refractivity contribution is 5.84. The van der Waals surface area contributed by atoms with Gasteiger partial charge in [-0.1, -0.05) is 12.1 Å². The molecule has 1 aromatic carbocycles. The molecule has 0 aliphatic heterocycles. The molecule has 6 heteroatoms. The summed E-state index contributed by atoms with van der Waals surface area (Å²) in [6, 6.07) is 7.59. The van der Waals surface area contributed by atoms with Gasteiger partial charge in [0.25, 0.3) is 0 Å². The Kier molecular flexibility index (Phi) is 4.04. The molecule has 1 N–H and O–H groups in total. The van der Waals surface area contributed by atoms with Crippen molar-refractivity contribution >= 4 is 16.9 Å². The van der Waals surface area contributed by atoms with Gasteiger partial charge in [0.05, 0.1) is 0 Å². The molecule has 0 radical (unpaired) electrons. The number of amides is 1. The van der Waals surface area contributed by atoms with Crippen LogP contribution in [0.1, 0.15) is 13.8 Å². The first kappa shape index (κ1) is 14.5. The average Bonchev–Trinajstić information content (AvgIpc) is 2.82. The fourth-order valence-corrected chi connectivity index (χ4v) is 1.81. The van der Waals surface area contributed by atoms with Crippen molar-refractivity contribution in [1.82, 2.24) is 25.2 Å². The van der Waals surface area contributed by atoms with Crippen LogP contribution >= 0.6 is 0 Å². The lowest BCUT2D eigenvalue weighted by Crippen LogP contribution is -2.47. The number of nitrogens with zero attached hydrogens (tertiary/aromatic N) is 4. The average molecular weight is 275 g/mol. The third-order valence-electron chi connectivity index (χ3n) is 3.19. The van der Waals surface area contributed by atoms with E-state index in [1.807, 2.05) is 57.1 Å². The standard InChI is InChI=1S/C14H21N5O/c1-14(2,13(20)15-9-10-18(3)4)19-16-11-7-5-6-8-12(11)17-19/h5-8H,9-10H2,1-4H3,(H,15,20). The van der Waals surface area contributed by atoms with Crippen LogP contribution in [-0.2, 0) is 10.3 Å². The first-order chi connectivity index (χ1) is 9.41. The highest BCUT2D eigenvalue weighted by Gasteiger charge is 2.32. The molecule has 6 nitrogen and oxygen atoms in total. The van der Waals surface area contributed by atoms with Crippen LogP contribution in [0.5, 0.6) is 0 Å². The number of hydrogen-bond acceptors (Lipinski definition) is 4. The van der Waals surface area contributed by atoms with E-state index in [-0.39, 0.29) is 5.91 Å². The number of nitrogens with one attached hydrogen (secondary N) is 1. The molecule has 0 atom stereocenters. The summed E-state index contributed by atoms with van der Waals surface area (Å²) in [5, 5.41) is 11.7. The first-order valence-electron chi connectivity index (χ1n) is 6.67. The molecule has 0 aliphatic rings. The highest BCUT2D eigenvalue weighted by atomic mass is 16.2. The van der Waals surface area contributed by atoms with Gasteiger partial charge in [0, 0.05) is 13.1 Å². The number of benzene rings is 1. The van der Waals surface area contributed by atoms with Crippen molar-refractivity contribution in [1.29, 1.82) is 0 Å². The van der Waals surface area contributed by atoms with Crippen molar-refractivity contribution in [3.05, 3.63) is 24.3 Å². The van der Waals surface area contributed by atoms with Gasteiger partial charge in [-0.25, -0.2) is 0 Å². The number of aromatic nitrogens is 3. The maximum Gasteiger partial charge on any atom is 0.249 e. The summed E-state index contributed by atoms with van der Waals surface area (Å²) in [6.07, 6.45) is 0. The van der Waals surface area contributed by atoms with E-state index < -0.39 is 5.54 Å². The molecule has 2 rings (SSSR count). The first-order valence-corrected chi connectivity index (χ1v) is 6.67. The molecule has 2 aromatic rings. The van der Waals surface area contributed by atoms with Crippen molar-refractivity contribution in [3.63, 3.8) is 0 Å². The van der Waals surface area contributed by atoms with E-state index >= 15 is 0 Å². The zero-order chi connectivity index (χ0) is 14.8. The molecule has 0 aliphatic carbocycles. The fraction of sp³-hybridized carbons (Fsp3) is 0.500. The molecule has 1 amide bonds. The topological polar surface area (TPSA) is 63.1 Å². The molecule has 0 spiro atoms. The second kappa shape index (κ2) is 5.58.